The maximum Gasteiger partial charge on any atom is 0.299 e. The Morgan fingerprint density at radius 2 is 2.25 bits per heavy atom. The fourth-order valence-electron chi connectivity index (χ4n) is 0.681. The summed E-state index contributed by atoms with van der Waals surface area (Å²) >= 11 is 1.15. The summed E-state index contributed by atoms with van der Waals surface area (Å²) in [6.45, 7) is 0.312. The molecule has 1 aromatic heterocycles. The van der Waals surface area contributed by atoms with Gasteiger partial charge in [-0.15, -0.1) is 11.3 Å². The third-order valence-corrected chi connectivity index (χ3v) is 2.88. The molecule has 4 nitrogen and oxygen atoms in total. The number of hydrogen-bond acceptors (Lipinski definition) is 5. The molecular formula is C6H6O4S2. The lowest BCUT2D eigenvalue weighted by Gasteiger charge is -1.87. The van der Waals surface area contributed by atoms with Gasteiger partial charge in [0.15, 0.2) is 5.06 Å². The van der Waals surface area contributed by atoms with E-state index in [0.717, 1.165) is 11.3 Å². The van der Waals surface area contributed by atoms with Gasteiger partial charge >= 0.3 is 0 Å². The summed E-state index contributed by atoms with van der Waals surface area (Å²) in [4.78, 5) is 10.5. The molecule has 0 aliphatic carbocycles. The summed E-state index contributed by atoms with van der Waals surface area (Å²) in [5, 5.41) is 0.414. The lowest BCUT2D eigenvalue weighted by atomic mass is 10.5. The fourth-order valence-corrected chi connectivity index (χ4v) is 2.23. The van der Waals surface area contributed by atoms with Crippen molar-refractivity contribution in [3.05, 3.63) is 17.0 Å². The van der Waals surface area contributed by atoms with Crippen LogP contribution in [-0.4, -0.2) is 14.9 Å². The van der Waals surface area contributed by atoms with Crippen molar-refractivity contribution < 1.29 is 17.9 Å². The molecule has 1 heterocycles. The van der Waals surface area contributed by atoms with Crippen LogP contribution in [0.2, 0.25) is 0 Å². The smallest absolute Gasteiger partial charge is 0.299 e. The zero-order chi connectivity index (χ0) is 8.97. The minimum Gasteiger partial charge on any atom is -0.418 e. The first-order valence-electron chi connectivity index (χ1n) is 3.03. The zero-order valence-corrected chi connectivity index (χ0v) is 7.64. The van der Waals surface area contributed by atoms with Gasteiger partial charge in [-0.3, -0.25) is 4.79 Å². The Morgan fingerprint density at radius 3 is 2.83 bits per heavy atom. The monoisotopic (exact) mass is 206 g/mol. The quantitative estimate of drug-likeness (QED) is 0.572. The first kappa shape index (κ1) is 9.21. The highest BCUT2D eigenvalue weighted by Crippen LogP contribution is 2.24. The van der Waals surface area contributed by atoms with Crippen LogP contribution in [0.3, 0.4) is 0 Å². The molecule has 0 fully saturated rings. The minimum absolute atomic E-state index is 0.00220. The van der Waals surface area contributed by atoms with Crippen LogP contribution in [0, 0.1) is 0 Å². The van der Waals surface area contributed by atoms with E-state index in [4.69, 9.17) is 0 Å². The standard InChI is InChI=1S/C6H6O4S2/c7-4-10-6-2-1-5(11-6)3-12(8)9/h1-2,4,12H,3H2. The van der Waals surface area contributed by atoms with Crippen molar-refractivity contribution in [3.8, 4) is 5.06 Å². The average molecular weight is 206 g/mol. The Labute approximate surface area is 74.7 Å². The third-order valence-electron chi connectivity index (χ3n) is 1.09. The van der Waals surface area contributed by atoms with Gasteiger partial charge in [-0.25, -0.2) is 8.42 Å². The predicted octanol–water partition coefficient (Wildman–Crippen LogP) is 0.395. The molecule has 66 valence electrons. The summed E-state index contributed by atoms with van der Waals surface area (Å²) < 4.78 is 25.0. The molecule has 0 aliphatic rings. The topological polar surface area (TPSA) is 60.4 Å². The van der Waals surface area contributed by atoms with E-state index in [2.05, 4.69) is 4.74 Å². The van der Waals surface area contributed by atoms with E-state index in [1.807, 2.05) is 0 Å². The number of rotatable bonds is 4. The van der Waals surface area contributed by atoms with E-state index >= 15 is 0 Å². The van der Waals surface area contributed by atoms with Crippen LogP contribution >= 0.6 is 11.3 Å². The first-order valence-corrected chi connectivity index (χ1v) is 5.21. The van der Waals surface area contributed by atoms with Gasteiger partial charge in [-0.2, -0.15) is 0 Å². The van der Waals surface area contributed by atoms with Crippen LogP contribution in [0.25, 0.3) is 0 Å². The number of thiol groups is 1. The van der Waals surface area contributed by atoms with Crippen molar-refractivity contribution in [2.75, 3.05) is 0 Å². The van der Waals surface area contributed by atoms with Crippen molar-refractivity contribution in [1.29, 1.82) is 0 Å². The summed E-state index contributed by atoms with van der Waals surface area (Å²) in [5.41, 5.74) is 0. The second kappa shape index (κ2) is 4.22. The van der Waals surface area contributed by atoms with Crippen LogP contribution < -0.4 is 4.74 Å². The molecule has 0 amide bonds. The van der Waals surface area contributed by atoms with Crippen molar-refractivity contribution in [3.63, 3.8) is 0 Å². The zero-order valence-electron chi connectivity index (χ0n) is 5.93. The Kier molecular flexibility index (Phi) is 3.24. The Balaban J connectivity index is 2.69. The van der Waals surface area contributed by atoms with Crippen molar-refractivity contribution in [2.24, 2.45) is 0 Å². The SMILES string of the molecule is O=COc1ccc(C[SH](=O)=O)s1. The summed E-state index contributed by atoms with van der Waals surface area (Å²) in [5.74, 6) is 0.00220. The molecule has 0 saturated carbocycles. The van der Waals surface area contributed by atoms with Gasteiger partial charge in [0.1, 0.15) is 10.7 Å². The molecule has 0 aliphatic heterocycles. The van der Waals surface area contributed by atoms with Crippen molar-refractivity contribution in [1.82, 2.24) is 0 Å². The van der Waals surface area contributed by atoms with E-state index < -0.39 is 10.7 Å². The van der Waals surface area contributed by atoms with Crippen LogP contribution in [0.5, 0.6) is 5.06 Å². The van der Waals surface area contributed by atoms with Crippen LogP contribution in [-0.2, 0) is 21.3 Å². The minimum atomic E-state index is -2.41. The average Bonchev–Trinajstić information content (AvgIpc) is 2.36. The highest BCUT2D eigenvalue weighted by Gasteiger charge is 2.00. The second-order valence-corrected chi connectivity index (χ2v) is 4.04. The summed E-state index contributed by atoms with van der Waals surface area (Å²) in [7, 11) is -2.41. The number of thiophene rings is 1. The molecular weight excluding hydrogens is 200 g/mol. The van der Waals surface area contributed by atoms with Gasteiger partial charge in [-0.05, 0) is 12.1 Å². The third kappa shape index (κ3) is 2.63. The van der Waals surface area contributed by atoms with Crippen LogP contribution in [0.1, 0.15) is 4.88 Å². The highest BCUT2D eigenvalue weighted by atomic mass is 32.2. The molecule has 0 radical (unpaired) electrons. The number of carbonyl (C=O) groups excluding carboxylic acids is 1. The molecule has 0 atom stereocenters. The van der Waals surface area contributed by atoms with E-state index in [0.29, 0.717) is 16.4 Å². The van der Waals surface area contributed by atoms with Crippen molar-refractivity contribution in [2.45, 2.75) is 5.75 Å². The van der Waals surface area contributed by atoms with Crippen molar-refractivity contribution >= 4 is 28.5 Å². The molecule has 0 unspecified atom stereocenters. The number of carbonyl (C=O) groups is 1. The first-order chi connectivity index (χ1) is 5.72. The van der Waals surface area contributed by atoms with Gasteiger partial charge in [-0.1, -0.05) is 0 Å². The lowest BCUT2D eigenvalue weighted by Crippen LogP contribution is -1.83. The molecule has 12 heavy (non-hydrogen) atoms. The maximum atomic E-state index is 10.3. The Bertz CT molecular complexity index is 331. The van der Waals surface area contributed by atoms with Gasteiger partial charge in [0, 0.05) is 4.88 Å². The molecule has 0 saturated heterocycles. The van der Waals surface area contributed by atoms with Crippen LogP contribution in [0.15, 0.2) is 12.1 Å². The summed E-state index contributed by atoms with van der Waals surface area (Å²) in [6, 6.07) is 3.18. The second-order valence-electron chi connectivity index (χ2n) is 1.93. The highest BCUT2D eigenvalue weighted by molar-refractivity contribution is 7.71. The fraction of sp³-hybridized carbons (Fsp3) is 0.167. The molecule has 1 rings (SSSR count). The Hall–Kier alpha value is -0.880. The normalized spacial score (nSPS) is 10.1. The van der Waals surface area contributed by atoms with Crippen LogP contribution in [0.4, 0.5) is 0 Å². The van der Waals surface area contributed by atoms with E-state index in [1.54, 1.807) is 12.1 Å². The maximum absolute atomic E-state index is 10.3. The molecule has 0 aromatic carbocycles. The molecule has 0 N–H and O–H groups in total. The molecule has 0 bridgehead atoms. The molecule has 6 heteroatoms. The summed E-state index contributed by atoms with van der Waals surface area (Å²) in [6.07, 6.45) is 0. The molecule has 0 spiro atoms. The van der Waals surface area contributed by atoms with E-state index in [-0.39, 0.29) is 5.75 Å². The largest absolute Gasteiger partial charge is 0.418 e. The lowest BCUT2D eigenvalue weighted by molar-refractivity contribution is -0.120. The molecule has 1 aromatic rings. The number of ether oxygens (including phenoxy) is 1. The van der Waals surface area contributed by atoms with Gasteiger partial charge in [0.05, 0.1) is 5.75 Å². The predicted molar refractivity (Wildman–Crippen MR) is 45.0 cm³/mol. The van der Waals surface area contributed by atoms with E-state index in [1.165, 1.54) is 0 Å². The van der Waals surface area contributed by atoms with Gasteiger partial charge < -0.3 is 4.74 Å². The Morgan fingerprint density at radius 1 is 1.50 bits per heavy atom. The van der Waals surface area contributed by atoms with Gasteiger partial charge in [0.2, 0.25) is 0 Å². The number of hydrogen-bond donors (Lipinski definition) is 1. The van der Waals surface area contributed by atoms with E-state index in [9.17, 15) is 13.2 Å². The van der Waals surface area contributed by atoms with Gasteiger partial charge in [0.25, 0.3) is 6.47 Å².